The zero-order valence-corrected chi connectivity index (χ0v) is 16.9. The van der Waals surface area contributed by atoms with E-state index < -0.39 is 0 Å². The van der Waals surface area contributed by atoms with Crippen LogP contribution in [0.2, 0.25) is 0 Å². The summed E-state index contributed by atoms with van der Waals surface area (Å²) in [6.07, 6.45) is 0.931. The van der Waals surface area contributed by atoms with Gasteiger partial charge in [0.25, 0.3) is 0 Å². The van der Waals surface area contributed by atoms with Crippen LogP contribution in [0.3, 0.4) is 0 Å². The minimum atomic E-state index is 0.615. The lowest BCUT2D eigenvalue weighted by atomic mass is 10.1. The molecule has 0 saturated heterocycles. The van der Waals surface area contributed by atoms with Crippen molar-refractivity contribution in [1.29, 1.82) is 0 Å². The summed E-state index contributed by atoms with van der Waals surface area (Å²) < 4.78 is 10.7. The summed E-state index contributed by atoms with van der Waals surface area (Å²) in [5, 5.41) is 6.67. The molecule has 0 spiro atoms. The van der Waals surface area contributed by atoms with Crippen LogP contribution in [0.25, 0.3) is 0 Å². The van der Waals surface area contributed by atoms with Crippen LogP contribution in [0, 0.1) is 0 Å². The van der Waals surface area contributed by atoms with Gasteiger partial charge in [0.05, 0.1) is 14.2 Å². The van der Waals surface area contributed by atoms with Gasteiger partial charge in [-0.1, -0.05) is 12.1 Å². The average molecular weight is 370 g/mol. The summed E-state index contributed by atoms with van der Waals surface area (Å²) in [6, 6.07) is 14.4. The average Bonchev–Trinajstić information content (AvgIpc) is 2.70. The maximum absolute atomic E-state index is 5.44. The Morgan fingerprint density at radius 1 is 1.00 bits per heavy atom. The second-order valence-corrected chi connectivity index (χ2v) is 6.34. The Morgan fingerprint density at radius 2 is 1.74 bits per heavy atom. The molecule has 0 aliphatic heterocycles. The van der Waals surface area contributed by atoms with Gasteiger partial charge in [-0.2, -0.15) is 0 Å². The number of hydrogen-bond donors (Lipinski definition) is 2. The predicted molar refractivity (Wildman–Crippen MR) is 112 cm³/mol. The van der Waals surface area contributed by atoms with E-state index in [4.69, 9.17) is 9.47 Å². The Balaban J connectivity index is 1.84. The maximum atomic E-state index is 5.44. The molecular weight excluding hydrogens is 340 g/mol. The molecule has 2 aromatic carbocycles. The Bertz CT molecular complexity index is 742. The monoisotopic (exact) mass is 370 g/mol. The summed E-state index contributed by atoms with van der Waals surface area (Å²) >= 11 is 0. The van der Waals surface area contributed by atoms with E-state index in [2.05, 4.69) is 44.8 Å². The van der Waals surface area contributed by atoms with Crippen LogP contribution in [0.4, 0.5) is 5.69 Å². The first kappa shape index (κ1) is 20.4. The second-order valence-electron chi connectivity index (χ2n) is 6.34. The lowest BCUT2D eigenvalue weighted by molar-refractivity contribution is 0.390. The number of guanidine groups is 1. The lowest BCUT2D eigenvalue weighted by Gasteiger charge is -2.15. The van der Waals surface area contributed by atoms with Gasteiger partial charge in [0.1, 0.15) is 11.5 Å². The zero-order valence-electron chi connectivity index (χ0n) is 16.9. The van der Waals surface area contributed by atoms with Gasteiger partial charge in [0.2, 0.25) is 0 Å². The van der Waals surface area contributed by atoms with Gasteiger partial charge in [0, 0.05) is 51.5 Å². The van der Waals surface area contributed by atoms with Gasteiger partial charge < -0.3 is 25.0 Å². The zero-order chi connectivity index (χ0) is 19.6. The van der Waals surface area contributed by atoms with Crippen molar-refractivity contribution in [3.05, 3.63) is 53.6 Å². The molecular formula is C21H30N4O2. The number of hydrogen-bond acceptors (Lipinski definition) is 4. The molecule has 27 heavy (non-hydrogen) atoms. The summed E-state index contributed by atoms with van der Waals surface area (Å²) in [5.74, 6) is 2.33. The molecule has 0 unspecified atom stereocenters. The number of benzene rings is 2. The minimum Gasteiger partial charge on any atom is -0.497 e. The van der Waals surface area contributed by atoms with Crippen molar-refractivity contribution in [3.8, 4) is 11.5 Å². The molecule has 0 heterocycles. The van der Waals surface area contributed by atoms with Crippen LogP contribution in [-0.2, 0) is 13.0 Å². The molecule has 0 saturated carbocycles. The molecule has 0 radical (unpaired) electrons. The third-order valence-corrected chi connectivity index (χ3v) is 4.32. The van der Waals surface area contributed by atoms with Crippen molar-refractivity contribution in [3.63, 3.8) is 0 Å². The van der Waals surface area contributed by atoms with Crippen LogP contribution in [0.15, 0.2) is 47.5 Å². The van der Waals surface area contributed by atoms with Gasteiger partial charge in [-0.25, -0.2) is 0 Å². The Hall–Kier alpha value is -2.89. The highest BCUT2D eigenvalue weighted by molar-refractivity contribution is 5.79. The summed E-state index contributed by atoms with van der Waals surface area (Å²) in [4.78, 5) is 6.38. The summed E-state index contributed by atoms with van der Waals surface area (Å²) in [6.45, 7) is 1.42. The van der Waals surface area contributed by atoms with E-state index in [1.807, 2.05) is 32.3 Å². The van der Waals surface area contributed by atoms with Crippen molar-refractivity contribution in [2.24, 2.45) is 4.99 Å². The molecule has 2 N–H and O–H groups in total. The van der Waals surface area contributed by atoms with E-state index in [0.717, 1.165) is 36.0 Å². The topological polar surface area (TPSA) is 58.1 Å². The molecule has 0 atom stereocenters. The van der Waals surface area contributed by atoms with Crippen molar-refractivity contribution in [1.82, 2.24) is 10.6 Å². The Labute approximate surface area is 162 Å². The largest absolute Gasteiger partial charge is 0.497 e. The van der Waals surface area contributed by atoms with E-state index in [1.165, 1.54) is 11.3 Å². The third kappa shape index (κ3) is 6.09. The highest BCUT2D eigenvalue weighted by Gasteiger charge is 2.06. The quantitative estimate of drug-likeness (QED) is 0.553. The number of ether oxygens (including phenoxy) is 2. The van der Waals surface area contributed by atoms with E-state index >= 15 is 0 Å². The van der Waals surface area contributed by atoms with Crippen molar-refractivity contribution in [2.75, 3.05) is 46.8 Å². The number of methoxy groups -OCH3 is 2. The number of anilines is 1. The second kappa shape index (κ2) is 10.3. The lowest BCUT2D eigenvalue weighted by Crippen LogP contribution is -2.37. The van der Waals surface area contributed by atoms with Gasteiger partial charge in [-0.3, -0.25) is 4.99 Å². The number of nitrogens with one attached hydrogen (secondary N) is 2. The first-order valence-corrected chi connectivity index (χ1v) is 8.99. The highest BCUT2D eigenvalue weighted by Crippen LogP contribution is 2.24. The Kier molecular flexibility index (Phi) is 7.79. The van der Waals surface area contributed by atoms with Crippen LogP contribution in [-0.4, -0.2) is 47.9 Å². The molecule has 0 fully saturated rings. The maximum Gasteiger partial charge on any atom is 0.191 e. The normalized spacial score (nSPS) is 11.1. The molecule has 6 heteroatoms. The van der Waals surface area contributed by atoms with Crippen molar-refractivity contribution < 1.29 is 9.47 Å². The van der Waals surface area contributed by atoms with Crippen molar-refractivity contribution in [2.45, 2.75) is 13.0 Å². The fraction of sp³-hybridized carbons (Fsp3) is 0.381. The molecule has 6 nitrogen and oxygen atoms in total. The molecule has 146 valence electrons. The van der Waals surface area contributed by atoms with Gasteiger partial charge in [-0.05, 0) is 36.2 Å². The minimum absolute atomic E-state index is 0.615. The van der Waals surface area contributed by atoms with Crippen LogP contribution < -0.4 is 25.0 Å². The standard InChI is InChI=1S/C21H30N4O2/c1-22-21(23-13-12-16-6-9-18(10-7-16)25(2)3)24-15-17-8-11-19(26-4)14-20(17)27-5/h6-11,14H,12-13,15H2,1-5H3,(H2,22,23,24). The summed E-state index contributed by atoms with van der Waals surface area (Å²) in [7, 11) is 9.17. The third-order valence-electron chi connectivity index (χ3n) is 4.32. The molecule has 2 aromatic rings. The molecule has 0 bridgehead atoms. The van der Waals surface area contributed by atoms with E-state index in [-0.39, 0.29) is 0 Å². The highest BCUT2D eigenvalue weighted by atomic mass is 16.5. The molecule has 0 aliphatic carbocycles. The van der Waals surface area contributed by atoms with Crippen LogP contribution in [0.5, 0.6) is 11.5 Å². The fourth-order valence-corrected chi connectivity index (χ4v) is 2.68. The van der Waals surface area contributed by atoms with Gasteiger partial charge >= 0.3 is 0 Å². The number of aliphatic imine (C=N–C) groups is 1. The molecule has 0 aliphatic rings. The van der Waals surface area contributed by atoms with Gasteiger partial charge in [-0.15, -0.1) is 0 Å². The predicted octanol–water partition coefficient (Wildman–Crippen LogP) is 2.68. The first-order valence-electron chi connectivity index (χ1n) is 8.99. The van der Waals surface area contributed by atoms with Crippen LogP contribution in [0.1, 0.15) is 11.1 Å². The number of rotatable bonds is 8. The van der Waals surface area contributed by atoms with E-state index in [9.17, 15) is 0 Å². The smallest absolute Gasteiger partial charge is 0.191 e. The van der Waals surface area contributed by atoms with Crippen molar-refractivity contribution >= 4 is 11.6 Å². The molecule has 0 amide bonds. The van der Waals surface area contributed by atoms with Gasteiger partial charge in [0.15, 0.2) is 5.96 Å². The molecule has 0 aromatic heterocycles. The SMILES string of the molecule is CN=C(NCCc1ccc(N(C)C)cc1)NCc1ccc(OC)cc1OC. The van der Waals surface area contributed by atoms with Crippen LogP contribution >= 0.6 is 0 Å². The first-order chi connectivity index (χ1) is 13.1. The summed E-state index contributed by atoms with van der Waals surface area (Å²) in [5.41, 5.74) is 3.54. The van der Waals surface area contributed by atoms with E-state index in [0.29, 0.717) is 6.54 Å². The molecule has 2 rings (SSSR count). The van der Waals surface area contributed by atoms with E-state index in [1.54, 1.807) is 21.3 Å². The number of nitrogens with zero attached hydrogens (tertiary/aromatic N) is 2. The Morgan fingerprint density at radius 3 is 2.33 bits per heavy atom. The fourth-order valence-electron chi connectivity index (χ4n) is 2.68.